The minimum atomic E-state index is -0.157. The van der Waals surface area contributed by atoms with Crippen LogP contribution in [0.5, 0.6) is 0 Å². The predicted octanol–water partition coefficient (Wildman–Crippen LogP) is 3.89. The van der Waals surface area contributed by atoms with Crippen molar-refractivity contribution in [1.82, 2.24) is 0 Å². The van der Waals surface area contributed by atoms with Crippen LogP contribution in [0.1, 0.15) is 32.8 Å². The quantitative estimate of drug-likeness (QED) is 0.897. The summed E-state index contributed by atoms with van der Waals surface area (Å²) in [4.78, 5) is 0. The molecule has 0 bridgehead atoms. The zero-order chi connectivity index (χ0) is 12.3. The third-order valence-corrected chi connectivity index (χ3v) is 3.35. The number of hydrogen-bond donors (Lipinski definition) is 1. The van der Waals surface area contributed by atoms with Gasteiger partial charge in [0.05, 0.1) is 0 Å². The molecule has 16 heavy (non-hydrogen) atoms. The van der Waals surface area contributed by atoms with Crippen molar-refractivity contribution < 1.29 is 4.39 Å². The highest BCUT2D eigenvalue weighted by Gasteiger charge is 2.20. The highest BCUT2D eigenvalue weighted by molar-refractivity contribution is 9.10. The molecule has 3 heteroatoms. The molecule has 0 saturated heterocycles. The molecule has 0 radical (unpaired) electrons. The highest BCUT2D eigenvalue weighted by atomic mass is 79.9. The Morgan fingerprint density at radius 2 is 2.00 bits per heavy atom. The summed E-state index contributed by atoms with van der Waals surface area (Å²) in [6, 6.07) is 5.27. The molecule has 0 aliphatic heterocycles. The zero-order valence-corrected chi connectivity index (χ0v) is 11.6. The van der Waals surface area contributed by atoms with E-state index >= 15 is 0 Å². The standard InChI is InChI=1S/C13H19BrFN/c1-13(2,3)12(16)7-5-9-4-6-10(14)8-11(9)15/h4,6,8,12H,5,7,16H2,1-3H3. The monoisotopic (exact) mass is 287 g/mol. The molecule has 0 aliphatic rings. The molecule has 1 nitrogen and oxygen atoms in total. The molecule has 0 aliphatic carbocycles. The molecule has 0 spiro atoms. The number of nitrogens with two attached hydrogens (primary N) is 1. The molecule has 1 aromatic carbocycles. The van der Waals surface area contributed by atoms with E-state index in [0.29, 0.717) is 6.42 Å². The first-order valence-corrected chi connectivity index (χ1v) is 6.29. The third-order valence-electron chi connectivity index (χ3n) is 2.85. The predicted molar refractivity (Wildman–Crippen MR) is 69.9 cm³/mol. The van der Waals surface area contributed by atoms with Crippen LogP contribution in [0.4, 0.5) is 4.39 Å². The molecule has 1 atom stereocenters. The molecule has 1 aromatic rings. The van der Waals surface area contributed by atoms with Crippen LogP contribution in [0.2, 0.25) is 0 Å². The summed E-state index contributed by atoms with van der Waals surface area (Å²) in [6.45, 7) is 6.32. The SMILES string of the molecule is CC(C)(C)C(N)CCc1ccc(Br)cc1F. The molecule has 0 heterocycles. The van der Waals surface area contributed by atoms with Crippen LogP contribution in [-0.2, 0) is 6.42 Å². The van der Waals surface area contributed by atoms with Gasteiger partial charge < -0.3 is 5.73 Å². The maximum absolute atomic E-state index is 13.5. The van der Waals surface area contributed by atoms with Gasteiger partial charge in [0.25, 0.3) is 0 Å². The summed E-state index contributed by atoms with van der Waals surface area (Å²) < 4.78 is 14.3. The normalized spacial score (nSPS) is 13.9. The van der Waals surface area contributed by atoms with Gasteiger partial charge in [-0.05, 0) is 36.0 Å². The molecule has 1 unspecified atom stereocenters. The van der Waals surface area contributed by atoms with Gasteiger partial charge in [-0.1, -0.05) is 42.8 Å². The highest BCUT2D eigenvalue weighted by Crippen LogP contribution is 2.22. The topological polar surface area (TPSA) is 26.0 Å². The molecular formula is C13H19BrFN. The third kappa shape index (κ3) is 3.87. The lowest BCUT2D eigenvalue weighted by Crippen LogP contribution is -2.35. The van der Waals surface area contributed by atoms with Crippen LogP contribution in [0.15, 0.2) is 22.7 Å². The summed E-state index contributed by atoms with van der Waals surface area (Å²) >= 11 is 3.24. The maximum Gasteiger partial charge on any atom is 0.127 e. The summed E-state index contributed by atoms with van der Waals surface area (Å²) in [5.41, 5.74) is 6.86. The average Bonchev–Trinajstić information content (AvgIpc) is 2.14. The Kier molecular flexibility index (Phi) is 4.51. The smallest absolute Gasteiger partial charge is 0.127 e. The minimum Gasteiger partial charge on any atom is -0.327 e. The fraction of sp³-hybridized carbons (Fsp3) is 0.538. The Balaban J connectivity index is 2.62. The van der Waals surface area contributed by atoms with Crippen molar-refractivity contribution in [2.24, 2.45) is 11.1 Å². The Morgan fingerprint density at radius 1 is 1.38 bits per heavy atom. The Labute approximate surface area is 105 Å². The van der Waals surface area contributed by atoms with Crippen molar-refractivity contribution in [3.8, 4) is 0 Å². The first-order valence-electron chi connectivity index (χ1n) is 5.50. The fourth-order valence-corrected chi connectivity index (χ4v) is 1.80. The van der Waals surface area contributed by atoms with Crippen LogP contribution in [-0.4, -0.2) is 6.04 Å². The van der Waals surface area contributed by atoms with Gasteiger partial charge in [0.1, 0.15) is 5.82 Å². The lowest BCUT2D eigenvalue weighted by molar-refractivity contribution is 0.305. The van der Waals surface area contributed by atoms with Crippen LogP contribution in [0.25, 0.3) is 0 Å². The van der Waals surface area contributed by atoms with E-state index in [4.69, 9.17) is 5.73 Å². The van der Waals surface area contributed by atoms with Crippen molar-refractivity contribution >= 4 is 15.9 Å². The zero-order valence-electron chi connectivity index (χ0n) is 10.1. The van der Waals surface area contributed by atoms with Crippen molar-refractivity contribution in [3.05, 3.63) is 34.1 Å². The van der Waals surface area contributed by atoms with E-state index in [1.807, 2.05) is 12.1 Å². The Hall–Kier alpha value is -0.410. The van der Waals surface area contributed by atoms with Gasteiger partial charge >= 0.3 is 0 Å². The van der Waals surface area contributed by atoms with Gasteiger partial charge in [0.2, 0.25) is 0 Å². The molecule has 0 amide bonds. The first kappa shape index (κ1) is 13.7. The summed E-state index contributed by atoms with van der Waals surface area (Å²) in [5.74, 6) is -0.157. The van der Waals surface area contributed by atoms with E-state index in [9.17, 15) is 4.39 Å². The van der Waals surface area contributed by atoms with Gasteiger partial charge in [-0.25, -0.2) is 4.39 Å². The van der Waals surface area contributed by atoms with Gasteiger partial charge in [-0.2, -0.15) is 0 Å². The molecule has 90 valence electrons. The second kappa shape index (κ2) is 5.28. The van der Waals surface area contributed by atoms with Crippen molar-refractivity contribution in [3.63, 3.8) is 0 Å². The van der Waals surface area contributed by atoms with E-state index in [1.165, 1.54) is 6.07 Å². The summed E-state index contributed by atoms with van der Waals surface area (Å²) in [7, 11) is 0. The Morgan fingerprint density at radius 3 is 2.50 bits per heavy atom. The van der Waals surface area contributed by atoms with Gasteiger partial charge in [0, 0.05) is 10.5 Å². The van der Waals surface area contributed by atoms with E-state index in [0.717, 1.165) is 16.5 Å². The first-order chi connectivity index (χ1) is 7.30. The van der Waals surface area contributed by atoms with E-state index in [-0.39, 0.29) is 17.3 Å². The number of aryl methyl sites for hydroxylation is 1. The van der Waals surface area contributed by atoms with Gasteiger partial charge in [-0.15, -0.1) is 0 Å². The minimum absolute atomic E-state index is 0.0752. The number of benzene rings is 1. The van der Waals surface area contributed by atoms with Crippen molar-refractivity contribution in [2.45, 2.75) is 39.7 Å². The summed E-state index contributed by atoms with van der Waals surface area (Å²) in [5, 5.41) is 0. The molecule has 1 rings (SSSR count). The lowest BCUT2D eigenvalue weighted by Gasteiger charge is -2.27. The van der Waals surface area contributed by atoms with Crippen LogP contribution >= 0.6 is 15.9 Å². The molecule has 0 saturated carbocycles. The van der Waals surface area contributed by atoms with Crippen molar-refractivity contribution in [1.29, 1.82) is 0 Å². The summed E-state index contributed by atoms with van der Waals surface area (Å²) in [6.07, 6.45) is 1.50. The van der Waals surface area contributed by atoms with E-state index in [2.05, 4.69) is 36.7 Å². The molecule has 0 aromatic heterocycles. The average molecular weight is 288 g/mol. The van der Waals surface area contributed by atoms with E-state index in [1.54, 1.807) is 0 Å². The molecule has 2 N–H and O–H groups in total. The second-order valence-electron chi connectivity index (χ2n) is 5.25. The van der Waals surface area contributed by atoms with Crippen LogP contribution < -0.4 is 5.73 Å². The number of hydrogen-bond acceptors (Lipinski definition) is 1. The fourth-order valence-electron chi connectivity index (χ4n) is 1.47. The van der Waals surface area contributed by atoms with Crippen LogP contribution in [0.3, 0.4) is 0 Å². The molecule has 0 fully saturated rings. The molecular weight excluding hydrogens is 269 g/mol. The van der Waals surface area contributed by atoms with E-state index < -0.39 is 0 Å². The number of halogens is 2. The largest absolute Gasteiger partial charge is 0.327 e. The maximum atomic E-state index is 13.5. The van der Waals surface area contributed by atoms with Crippen LogP contribution in [0, 0.1) is 11.2 Å². The second-order valence-corrected chi connectivity index (χ2v) is 6.16. The van der Waals surface area contributed by atoms with Gasteiger partial charge in [-0.3, -0.25) is 0 Å². The Bertz CT molecular complexity index is 357. The van der Waals surface area contributed by atoms with Gasteiger partial charge in [0.15, 0.2) is 0 Å². The lowest BCUT2D eigenvalue weighted by atomic mass is 9.84. The number of rotatable bonds is 3. The van der Waals surface area contributed by atoms with Crippen molar-refractivity contribution in [2.75, 3.05) is 0 Å².